The average molecular weight is 280 g/mol. The van der Waals surface area contributed by atoms with Crippen molar-refractivity contribution in [2.45, 2.75) is 90.1 Å². The van der Waals surface area contributed by atoms with Crippen molar-refractivity contribution in [2.24, 2.45) is 17.6 Å². The van der Waals surface area contributed by atoms with Crippen LogP contribution in [0.15, 0.2) is 0 Å². The Kier molecular flexibility index (Phi) is 5.92. The Hall–Kier alpha value is -0.0800. The third-order valence-corrected chi connectivity index (χ3v) is 6.47. The van der Waals surface area contributed by atoms with Crippen LogP contribution in [0.4, 0.5) is 0 Å². The predicted molar refractivity (Wildman–Crippen MR) is 87.8 cm³/mol. The molecule has 0 bridgehead atoms. The minimum absolute atomic E-state index is 0.218. The van der Waals surface area contributed by atoms with Gasteiger partial charge in [-0.2, -0.15) is 0 Å². The molecular weight excluding hydrogens is 244 g/mol. The fourth-order valence-corrected chi connectivity index (χ4v) is 4.75. The molecule has 0 spiro atoms. The van der Waals surface area contributed by atoms with Crippen LogP contribution in [0.3, 0.4) is 0 Å². The molecule has 20 heavy (non-hydrogen) atoms. The van der Waals surface area contributed by atoms with Crippen molar-refractivity contribution in [1.29, 1.82) is 0 Å². The Morgan fingerprint density at radius 1 is 1.05 bits per heavy atom. The van der Waals surface area contributed by atoms with E-state index in [1.165, 1.54) is 70.9 Å². The van der Waals surface area contributed by atoms with E-state index in [1.54, 1.807) is 0 Å². The molecule has 2 heteroatoms. The van der Waals surface area contributed by atoms with Gasteiger partial charge in [0.2, 0.25) is 0 Å². The summed E-state index contributed by atoms with van der Waals surface area (Å²) in [4.78, 5) is 2.72. The predicted octanol–water partition coefficient (Wildman–Crippen LogP) is 4.18. The van der Waals surface area contributed by atoms with Gasteiger partial charge in [0.15, 0.2) is 0 Å². The summed E-state index contributed by atoms with van der Waals surface area (Å²) >= 11 is 0. The van der Waals surface area contributed by atoms with Crippen LogP contribution in [0.1, 0.15) is 78.6 Å². The minimum Gasteiger partial charge on any atom is -0.326 e. The SMILES string of the molecule is CCC1CCCCC1C(N)C(C)(CC)N1CCCCC1. The van der Waals surface area contributed by atoms with E-state index < -0.39 is 0 Å². The first kappa shape index (κ1) is 16.3. The van der Waals surface area contributed by atoms with Crippen molar-refractivity contribution in [3.05, 3.63) is 0 Å². The largest absolute Gasteiger partial charge is 0.326 e. The number of likely N-dealkylation sites (tertiary alicyclic amines) is 1. The maximum Gasteiger partial charge on any atom is 0.0332 e. The summed E-state index contributed by atoms with van der Waals surface area (Å²) in [5.74, 6) is 1.62. The van der Waals surface area contributed by atoms with E-state index in [2.05, 4.69) is 25.7 Å². The molecule has 1 saturated heterocycles. The summed E-state index contributed by atoms with van der Waals surface area (Å²) in [5, 5.41) is 0. The third kappa shape index (κ3) is 3.22. The van der Waals surface area contributed by atoms with Crippen LogP contribution in [0.25, 0.3) is 0 Å². The normalized spacial score (nSPS) is 33.6. The quantitative estimate of drug-likeness (QED) is 0.818. The second-order valence-electron chi connectivity index (χ2n) is 7.40. The molecule has 2 rings (SSSR count). The summed E-state index contributed by atoms with van der Waals surface area (Å²) < 4.78 is 0. The highest BCUT2D eigenvalue weighted by molar-refractivity contribution is 5.00. The van der Waals surface area contributed by atoms with Crippen LogP contribution < -0.4 is 5.73 Å². The first-order valence-corrected chi connectivity index (χ1v) is 9.14. The zero-order valence-corrected chi connectivity index (χ0v) is 14.0. The topological polar surface area (TPSA) is 29.3 Å². The van der Waals surface area contributed by atoms with Crippen LogP contribution in [0.5, 0.6) is 0 Å². The molecule has 0 amide bonds. The fourth-order valence-electron chi connectivity index (χ4n) is 4.75. The highest BCUT2D eigenvalue weighted by atomic mass is 15.2. The van der Waals surface area contributed by atoms with Crippen molar-refractivity contribution in [2.75, 3.05) is 13.1 Å². The third-order valence-electron chi connectivity index (χ3n) is 6.47. The summed E-state index contributed by atoms with van der Waals surface area (Å²) in [6, 6.07) is 0.357. The molecule has 2 N–H and O–H groups in total. The van der Waals surface area contributed by atoms with Gasteiger partial charge in [0, 0.05) is 11.6 Å². The van der Waals surface area contributed by atoms with Gasteiger partial charge in [0.1, 0.15) is 0 Å². The molecule has 1 heterocycles. The molecule has 2 aliphatic rings. The molecular formula is C18H36N2. The lowest BCUT2D eigenvalue weighted by Crippen LogP contribution is -2.62. The van der Waals surface area contributed by atoms with Gasteiger partial charge in [0.05, 0.1) is 0 Å². The van der Waals surface area contributed by atoms with E-state index >= 15 is 0 Å². The van der Waals surface area contributed by atoms with E-state index in [0.29, 0.717) is 6.04 Å². The van der Waals surface area contributed by atoms with Gasteiger partial charge in [-0.05, 0) is 57.5 Å². The zero-order valence-electron chi connectivity index (χ0n) is 14.0. The fraction of sp³-hybridized carbons (Fsp3) is 1.00. The van der Waals surface area contributed by atoms with Crippen LogP contribution in [0.2, 0.25) is 0 Å². The Labute approximate surface area is 126 Å². The van der Waals surface area contributed by atoms with E-state index in [9.17, 15) is 0 Å². The molecule has 0 aromatic rings. The van der Waals surface area contributed by atoms with Gasteiger partial charge in [-0.1, -0.05) is 46.0 Å². The monoisotopic (exact) mass is 280 g/mol. The Bertz CT molecular complexity index is 285. The highest BCUT2D eigenvalue weighted by Crippen LogP contribution is 2.39. The number of rotatable bonds is 5. The van der Waals surface area contributed by atoms with Crippen molar-refractivity contribution in [3.63, 3.8) is 0 Å². The first-order chi connectivity index (χ1) is 9.63. The molecule has 1 saturated carbocycles. The molecule has 0 aromatic carbocycles. The Balaban J connectivity index is 2.11. The standard InChI is InChI=1S/C18H36N2/c1-4-15-11-7-8-12-16(15)17(19)18(3,5-2)20-13-9-6-10-14-20/h15-17H,4-14,19H2,1-3H3. The van der Waals surface area contributed by atoms with Gasteiger partial charge in [0.25, 0.3) is 0 Å². The van der Waals surface area contributed by atoms with Crippen LogP contribution in [-0.2, 0) is 0 Å². The van der Waals surface area contributed by atoms with Crippen LogP contribution in [0, 0.1) is 11.8 Å². The molecule has 1 aliphatic heterocycles. The maximum absolute atomic E-state index is 6.89. The number of nitrogens with two attached hydrogens (primary N) is 1. The Morgan fingerprint density at radius 3 is 2.30 bits per heavy atom. The van der Waals surface area contributed by atoms with E-state index in [4.69, 9.17) is 5.73 Å². The van der Waals surface area contributed by atoms with E-state index in [-0.39, 0.29) is 5.54 Å². The molecule has 0 aromatic heterocycles. The molecule has 4 atom stereocenters. The van der Waals surface area contributed by atoms with Gasteiger partial charge in [-0.3, -0.25) is 4.90 Å². The molecule has 118 valence electrons. The summed E-state index contributed by atoms with van der Waals surface area (Å²) in [6.07, 6.45) is 12.3. The summed E-state index contributed by atoms with van der Waals surface area (Å²) in [7, 11) is 0. The van der Waals surface area contributed by atoms with Crippen molar-refractivity contribution >= 4 is 0 Å². The van der Waals surface area contributed by atoms with Gasteiger partial charge in [-0.15, -0.1) is 0 Å². The second-order valence-corrected chi connectivity index (χ2v) is 7.40. The van der Waals surface area contributed by atoms with E-state index in [0.717, 1.165) is 11.8 Å². The van der Waals surface area contributed by atoms with Crippen molar-refractivity contribution < 1.29 is 0 Å². The average Bonchev–Trinajstić information content (AvgIpc) is 2.54. The lowest BCUT2D eigenvalue weighted by Gasteiger charge is -2.51. The van der Waals surface area contributed by atoms with Crippen LogP contribution in [-0.4, -0.2) is 29.6 Å². The van der Waals surface area contributed by atoms with Gasteiger partial charge >= 0.3 is 0 Å². The summed E-state index contributed by atoms with van der Waals surface area (Å²) in [5.41, 5.74) is 7.11. The minimum atomic E-state index is 0.218. The molecule has 2 fully saturated rings. The molecule has 0 radical (unpaired) electrons. The molecule has 2 nitrogen and oxygen atoms in total. The van der Waals surface area contributed by atoms with Crippen LogP contribution >= 0.6 is 0 Å². The highest BCUT2D eigenvalue weighted by Gasteiger charge is 2.42. The second kappa shape index (κ2) is 7.26. The number of hydrogen-bond donors (Lipinski definition) is 1. The molecule has 1 aliphatic carbocycles. The van der Waals surface area contributed by atoms with Gasteiger partial charge < -0.3 is 5.73 Å². The number of nitrogens with zero attached hydrogens (tertiary/aromatic N) is 1. The lowest BCUT2D eigenvalue weighted by atomic mass is 9.68. The summed E-state index contributed by atoms with van der Waals surface area (Å²) in [6.45, 7) is 9.69. The van der Waals surface area contributed by atoms with E-state index in [1.807, 2.05) is 0 Å². The molecule has 4 unspecified atom stereocenters. The zero-order chi connectivity index (χ0) is 14.6. The smallest absolute Gasteiger partial charge is 0.0332 e. The maximum atomic E-state index is 6.89. The first-order valence-electron chi connectivity index (χ1n) is 9.14. The van der Waals surface area contributed by atoms with Crippen molar-refractivity contribution in [3.8, 4) is 0 Å². The lowest BCUT2D eigenvalue weighted by molar-refractivity contribution is 0.0163. The van der Waals surface area contributed by atoms with Crippen molar-refractivity contribution in [1.82, 2.24) is 4.90 Å². The number of hydrogen-bond acceptors (Lipinski definition) is 2. The Morgan fingerprint density at radius 2 is 1.70 bits per heavy atom. The van der Waals surface area contributed by atoms with Gasteiger partial charge in [-0.25, -0.2) is 0 Å². The number of piperidine rings is 1.